The fourth-order valence-corrected chi connectivity index (χ4v) is 3.39. The third-order valence-electron chi connectivity index (χ3n) is 4.57. The number of hydrogen-bond donors (Lipinski definition) is 0. The number of hydrogen-bond acceptors (Lipinski definition) is 4. The second kappa shape index (κ2) is 5.00. The molecule has 2 amide bonds. The molecule has 3 fully saturated rings. The lowest BCUT2D eigenvalue weighted by molar-refractivity contribution is -0.130. The van der Waals surface area contributed by atoms with Gasteiger partial charge >= 0.3 is 6.09 Å². The Morgan fingerprint density at radius 1 is 1.16 bits per heavy atom. The van der Waals surface area contributed by atoms with Gasteiger partial charge in [0, 0.05) is 45.7 Å². The Balaban J connectivity index is 1.54. The lowest BCUT2D eigenvalue weighted by atomic mass is 10.0. The van der Waals surface area contributed by atoms with E-state index in [9.17, 15) is 9.59 Å². The van der Waals surface area contributed by atoms with Crippen LogP contribution in [0.25, 0.3) is 0 Å². The molecule has 1 atom stereocenters. The molecule has 6 nitrogen and oxygen atoms in total. The Hall–Kier alpha value is -1.30. The highest BCUT2D eigenvalue weighted by atomic mass is 16.6. The van der Waals surface area contributed by atoms with E-state index in [0.29, 0.717) is 12.6 Å². The van der Waals surface area contributed by atoms with E-state index in [4.69, 9.17) is 4.74 Å². The van der Waals surface area contributed by atoms with Crippen molar-refractivity contribution in [2.24, 2.45) is 0 Å². The highest BCUT2D eigenvalue weighted by molar-refractivity contribution is 5.73. The van der Waals surface area contributed by atoms with E-state index >= 15 is 0 Å². The summed E-state index contributed by atoms with van der Waals surface area (Å²) in [5.41, 5.74) is 0. The summed E-state index contributed by atoms with van der Waals surface area (Å²) in [7, 11) is 0. The zero-order valence-corrected chi connectivity index (χ0v) is 11.4. The van der Waals surface area contributed by atoms with Crippen LogP contribution in [-0.2, 0) is 9.53 Å². The van der Waals surface area contributed by atoms with E-state index in [2.05, 4.69) is 4.90 Å². The number of piperazine rings is 1. The Labute approximate surface area is 113 Å². The molecule has 0 aliphatic carbocycles. The Morgan fingerprint density at radius 2 is 1.89 bits per heavy atom. The maximum absolute atomic E-state index is 11.5. The molecule has 106 valence electrons. The summed E-state index contributed by atoms with van der Waals surface area (Å²) >= 11 is 0. The quantitative estimate of drug-likeness (QED) is 0.678. The number of rotatable bonds is 1. The average Bonchev–Trinajstić information content (AvgIpc) is 2.80. The standard InChI is InChI=1S/C13H21N3O3/c1-10(17)14-4-2-11(3-5-14)15-6-7-16-12(8-15)9-19-13(16)18/h11-12H,2-9H2,1H3. The summed E-state index contributed by atoms with van der Waals surface area (Å²) in [4.78, 5) is 29.0. The molecular formula is C13H21N3O3. The van der Waals surface area contributed by atoms with E-state index in [0.717, 1.165) is 45.6 Å². The molecule has 3 saturated heterocycles. The SMILES string of the molecule is CC(=O)N1CCC(N2CCN3C(=O)OCC3C2)CC1. The van der Waals surface area contributed by atoms with Crippen LogP contribution in [0.5, 0.6) is 0 Å². The minimum absolute atomic E-state index is 0.156. The van der Waals surface area contributed by atoms with Gasteiger partial charge in [0.05, 0.1) is 6.04 Å². The van der Waals surface area contributed by atoms with E-state index in [1.807, 2.05) is 9.80 Å². The normalized spacial score (nSPS) is 29.3. The molecule has 19 heavy (non-hydrogen) atoms. The summed E-state index contributed by atoms with van der Waals surface area (Å²) < 4.78 is 5.09. The monoisotopic (exact) mass is 267 g/mol. The fraction of sp³-hybridized carbons (Fsp3) is 0.846. The van der Waals surface area contributed by atoms with Gasteiger partial charge in [-0.1, -0.05) is 0 Å². The molecule has 3 heterocycles. The van der Waals surface area contributed by atoms with Crippen molar-refractivity contribution in [1.82, 2.24) is 14.7 Å². The van der Waals surface area contributed by atoms with Crippen LogP contribution in [0, 0.1) is 0 Å². The van der Waals surface area contributed by atoms with Gasteiger partial charge in [-0.2, -0.15) is 0 Å². The lowest BCUT2D eigenvalue weighted by Crippen LogP contribution is -2.57. The molecule has 0 N–H and O–H groups in total. The third kappa shape index (κ3) is 2.41. The zero-order chi connectivity index (χ0) is 13.4. The van der Waals surface area contributed by atoms with Gasteiger partial charge in [-0.25, -0.2) is 4.79 Å². The second-order valence-corrected chi connectivity index (χ2v) is 5.66. The van der Waals surface area contributed by atoms with Crippen molar-refractivity contribution in [3.8, 4) is 0 Å². The number of fused-ring (bicyclic) bond motifs is 1. The molecule has 0 aromatic carbocycles. The van der Waals surface area contributed by atoms with Gasteiger partial charge < -0.3 is 9.64 Å². The molecule has 1 unspecified atom stereocenters. The maximum atomic E-state index is 11.5. The van der Waals surface area contributed by atoms with Crippen LogP contribution in [0.2, 0.25) is 0 Å². The van der Waals surface area contributed by atoms with Gasteiger partial charge in [0.25, 0.3) is 0 Å². The molecule has 6 heteroatoms. The summed E-state index contributed by atoms with van der Waals surface area (Å²) in [5, 5.41) is 0. The van der Waals surface area contributed by atoms with Crippen LogP contribution in [-0.4, -0.2) is 78.1 Å². The fourth-order valence-electron chi connectivity index (χ4n) is 3.39. The smallest absolute Gasteiger partial charge is 0.410 e. The van der Waals surface area contributed by atoms with Crippen LogP contribution in [0.15, 0.2) is 0 Å². The first-order valence-corrected chi connectivity index (χ1v) is 7.08. The van der Waals surface area contributed by atoms with Gasteiger partial charge in [0.1, 0.15) is 6.61 Å². The number of cyclic esters (lactones) is 1. The molecule has 3 aliphatic heterocycles. The third-order valence-corrected chi connectivity index (χ3v) is 4.57. The number of amides is 2. The number of carbonyl (C=O) groups excluding carboxylic acids is 2. The summed E-state index contributed by atoms with van der Waals surface area (Å²) in [6, 6.07) is 0.778. The van der Waals surface area contributed by atoms with E-state index in [1.165, 1.54) is 0 Å². The molecule has 0 saturated carbocycles. The number of ether oxygens (including phenoxy) is 1. The number of piperidine rings is 1. The van der Waals surface area contributed by atoms with Crippen molar-refractivity contribution in [3.05, 3.63) is 0 Å². The predicted molar refractivity (Wildman–Crippen MR) is 68.7 cm³/mol. The van der Waals surface area contributed by atoms with Crippen LogP contribution < -0.4 is 0 Å². The summed E-state index contributed by atoms with van der Waals surface area (Å²) in [5.74, 6) is 0.179. The summed E-state index contributed by atoms with van der Waals surface area (Å²) in [6.45, 7) is 6.51. The Kier molecular flexibility index (Phi) is 3.35. The van der Waals surface area contributed by atoms with Crippen molar-refractivity contribution in [2.75, 3.05) is 39.3 Å². The van der Waals surface area contributed by atoms with Gasteiger partial charge in [-0.3, -0.25) is 14.6 Å². The topological polar surface area (TPSA) is 53.1 Å². The average molecular weight is 267 g/mol. The van der Waals surface area contributed by atoms with Gasteiger partial charge in [-0.05, 0) is 12.8 Å². The van der Waals surface area contributed by atoms with Crippen molar-refractivity contribution >= 4 is 12.0 Å². The van der Waals surface area contributed by atoms with E-state index in [-0.39, 0.29) is 18.0 Å². The number of likely N-dealkylation sites (tertiary alicyclic amines) is 1. The molecule has 0 spiro atoms. The van der Waals surface area contributed by atoms with Gasteiger partial charge in [0.15, 0.2) is 0 Å². The van der Waals surface area contributed by atoms with Crippen molar-refractivity contribution in [2.45, 2.75) is 31.8 Å². The zero-order valence-electron chi connectivity index (χ0n) is 11.4. The minimum atomic E-state index is -0.156. The van der Waals surface area contributed by atoms with E-state index < -0.39 is 0 Å². The molecule has 0 bridgehead atoms. The largest absolute Gasteiger partial charge is 0.447 e. The van der Waals surface area contributed by atoms with Crippen LogP contribution in [0.3, 0.4) is 0 Å². The Bertz CT molecular complexity index is 379. The summed E-state index contributed by atoms with van der Waals surface area (Å²) in [6.07, 6.45) is 1.93. The van der Waals surface area contributed by atoms with Crippen LogP contribution in [0.1, 0.15) is 19.8 Å². The Morgan fingerprint density at radius 3 is 2.58 bits per heavy atom. The number of nitrogens with zero attached hydrogens (tertiary/aromatic N) is 3. The minimum Gasteiger partial charge on any atom is -0.447 e. The first kappa shape index (κ1) is 12.7. The van der Waals surface area contributed by atoms with Crippen molar-refractivity contribution < 1.29 is 14.3 Å². The molecular weight excluding hydrogens is 246 g/mol. The molecule has 3 aliphatic rings. The van der Waals surface area contributed by atoms with Crippen molar-refractivity contribution in [3.63, 3.8) is 0 Å². The highest BCUT2D eigenvalue weighted by Gasteiger charge is 2.39. The molecule has 3 rings (SSSR count). The molecule has 0 aromatic heterocycles. The van der Waals surface area contributed by atoms with Crippen LogP contribution in [0.4, 0.5) is 4.79 Å². The molecule has 0 aromatic rings. The first-order valence-electron chi connectivity index (χ1n) is 7.08. The van der Waals surface area contributed by atoms with Crippen LogP contribution >= 0.6 is 0 Å². The van der Waals surface area contributed by atoms with E-state index in [1.54, 1.807) is 6.92 Å². The number of carbonyl (C=O) groups is 2. The molecule has 0 radical (unpaired) electrons. The second-order valence-electron chi connectivity index (χ2n) is 5.66. The maximum Gasteiger partial charge on any atom is 0.410 e. The van der Waals surface area contributed by atoms with Crippen molar-refractivity contribution in [1.29, 1.82) is 0 Å². The highest BCUT2D eigenvalue weighted by Crippen LogP contribution is 2.23. The van der Waals surface area contributed by atoms with Gasteiger partial charge in [-0.15, -0.1) is 0 Å². The first-order chi connectivity index (χ1) is 9.15. The lowest BCUT2D eigenvalue weighted by Gasteiger charge is -2.43. The predicted octanol–water partition coefficient (Wildman–Crippen LogP) is 0.134. The van der Waals surface area contributed by atoms with Gasteiger partial charge in [0.2, 0.25) is 5.91 Å².